The Morgan fingerprint density at radius 3 is 1.29 bits per heavy atom. The van der Waals surface area contributed by atoms with Crippen LogP contribution in [0.3, 0.4) is 0 Å². The van der Waals surface area contributed by atoms with Crippen LogP contribution in [0, 0.1) is 22.7 Å². The van der Waals surface area contributed by atoms with Gasteiger partial charge in [-0.3, -0.25) is 0 Å². The van der Waals surface area contributed by atoms with Gasteiger partial charge in [0.2, 0.25) is 0 Å². The van der Waals surface area contributed by atoms with Crippen molar-refractivity contribution in [1.29, 1.82) is 10.5 Å². The van der Waals surface area contributed by atoms with Gasteiger partial charge in [-0.25, -0.2) is 0 Å². The quantitative estimate of drug-likeness (QED) is 0.372. The molecule has 0 N–H and O–H groups in total. The first-order valence-corrected chi connectivity index (χ1v) is 10.0. The maximum absolute atomic E-state index is 9.28. The van der Waals surface area contributed by atoms with E-state index in [9.17, 15) is 10.5 Å². The molecular weight excluding hydrogens is 380 g/mol. The number of rotatable bonds is 6. The largest absolute Gasteiger partial charge is 0.372 e. The molecule has 31 heavy (non-hydrogen) atoms. The minimum atomic E-state index is 0.513. The Kier molecular flexibility index (Phi) is 6.19. The summed E-state index contributed by atoms with van der Waals surface area (Å²) < 4.78 is 5.88. The van der Waals surface area contributed by atoms with Crippen LogP contribution in [0.25, 0.3) is 22.3 Å². The molecule has 3 heteroatoms. The Morgan fingerprint density at radius 1 is 0.516 bits per heavy atom. The zero-order valence-corrected chi connectivity index (χ0v) is 17.0. The van der Waals surface area contributed by atoms with Crippen LogP contribution in [0.4, 0.5) is 0 Å². The fourth-order valence-corrected chi connectivity index (χ4v) is 3.51. The van der Waals surface area contributed by atoms with Gasteiger partial charge >= 0.3 is 0 Å². The first-order chi connectivity index (χ1) is 15.3. The van der Waals surface area contributed by atoms with E-state index in [1.54, 1.807) is 0 Å². The molecule has 0 saturated carbocycles. The monoisotopic (exact) mass is 400 g/mol. The van der Waals surface area contributed by atoms with Crippen molar-refractivity contribution < 1.29 is 4.74 Å². The molecule has 0 amide bonds. The fourth-order valence-electron chi connectivity index (χ4n) is 3.51. The number of hydrogen-bond acceptors (Lipinski definition) is 3. The second-order valence-corrected chi connectivity index (χ2v) is 7.20. The topological polar surface area (TPSA) is 56.8 Å². The third-order valence-electron chi connectivity index (χ3n) is 5.16. The van der Waals surface area contributed by atoms with E-state index in [0.717, 1.165) is 33.4 Å². The van der Waals surface area contributed by atoms with Crippen molar-refractivity contribution in [3.05, 3.63) is 119 Å². The second kappa shape index (κ2) is 9.55. The molecule has 0 spiro atoms. The summed E-state index contributed by atoms with van der Waals surface area (Å²) in [7, 11) is 0. The summed E-state index contributed by atoms with van der Waals surface area (Å²) >= 11 is 0. The van der Waals surface area contributed by atoms with E-state index < -0.39 is 0 Å². The fraction of sp³-hybridized carbons (Fsp3) is 0.0714. The van der Waals surface area contributed by atoms with Crippen LogP contribution in [0.5, 0.6) is 0 Å². The van der Waals surface area contributed by atoms with Crippen molar-refractivity contribution in [3.63, 3.8) is 0 Å². The highest BCUT2D eigenvalue weighted by molar-refractivity contribution is 5.71. The highest BCUT2D eigenvalue weighted by atomic mass is 16.5. The Balaban J connectivity index is 1.36. The van der Waals surface area contributed by atoms with Crippen LogP contribution in [0.2, 0.25) is 0 Å². The third kappa shape index (κ3) is 4.70. The van der Waals surface area contributed by atoms with Crippen molar-refractivity contribution >= 4 is 0 Å². The molecule has 0 aliphatic heterocycles. The minimum absolute atomic E-state index is 0.513. The van der Waals surface area contributed by atoms with E-state index in [1.165, 1.54) is 0 Å². The lowest BCUT2D eigenvalue weighted by Gasteiger charge is -2.08. The average Bonchev–Trinajstić information content (AvgIpc) is 2.85. The maximum Gasteiger partial charge on any atom is 0.0998 e. The van der Waals surface area contributed by atoms with Gasteiger partial charge in [0.15, 0.2) is 0 Å². The van der Waals surface area contributed by atoms with Gasteiger partial charge in [0.1, 0.15) is 0 Å². The number of benzene rings is 4. The predicted molar refractivity (Wildman–Crippen MR) is 122 cm³/mol. The Labute approximate surface area is 182 Å². The van der Waals surface area contributed by atoms with Crippen LogP contribution >= 0.6 is 0 Å². The van der Waals surface area contributed by atoms with E-state index in [-0.39, 0.29) is 0 Å². The molecule has 0 aliphatic rings. The molecular formula is C28H20N2O. The van der Waals surface area contributed by atoms with Gasteiger partial charge in [0.25, 0.3) is 0 Å². The predicted octanol–water partition coefficient (Wildman–Crippen LogP) is 6.48. The van der Waals surface area contributed by atoms with Crippen molar-refractivity contribution in [2.45, 2.75) is 13.2 Å². The molecule has 0 aliphatic carbocycles. The molecule has 4 aromatic carbocycles. The zero-order valence-electron chi connectivity index (χ0n) is 17.0. The SMILES string of the molecule is N#Cc1ccccc1-c1ccc(COCc2ccc(-c3ccccc3C#N)cc2)cc1. The molecule has 0 unspecified atom stereocenters. The summed E-state index contributed by atoms with van der Waals surface area (Å²) in [6.07, 6.45) is 0. The highest BCUT2D eigenvalue weighted by Crippen LogP contribution is 2.25. The second-order valence-electron chi connectivity index (χ2n) is 7.20. The lowest BCUT2D eigenvalue weighted by atomic mass is 9.99. The van der Waals surface area contributed by atoms with Gasteiger partial charge in [-0.15, -0.1) is 0 Å². The molecule has 3 nitrogen and oxygen atoms in total. The Hall–Kier alpha value is -4.18. The molecule has 0 heterocycles. The standard InChI is InChI=1S/C28H20N2O/c29-17-25-5-1-3-7-27(25)23-13-9-21(10-14-23)19-31-20-22-11-15-24(16-12-22)28-8-4-2-6-26(28)18-30/h1-16H,19-20H2. The normalized spacial score (nSPS) is 10.3. The van der Waals surface area contributed by atoms with Crippen LogP contribution in [0.15, 0.2) is 97.1 Å². The summed E-state index contributed by atoms with van der Waals surface area (Å²) in [6, 6.07) is 35.9. The van der Waals surface area contributed by atoms with E-state index in [1.807, 2.05) is 97.1 Å². The molecule has 0 saturated heterocycles. The van der Waals surface area contributed by atoms with E-state index in [2.05, 4.69) is 12.1 Å². The van der Waals surface area contributed by atoms with Gasteiger partial charge in [0.05, 0.1) is 36.5 Å². The number of ether oxygens (including phenoxy) is 1. The van der Waals surface area contributed by atoms with Gasteiger partial charge in [-0.1, -0.05) is 84.9 Å². The van der Waals surface area contributed by atoms with Crippen LogP contribution < -0.4 is 0 Å². The first kappa shape index (κ1) is 20.1. The zero-order chi connectivity index (χ0) is 21.5. The molecule has 148 valence electrons. The first-order valence-electron chi connectivity index (χ1n) is 10.0. The minimum Gasteiger partial charge on any atom is -0.372 e. The smallest absolute Gasteiger partial charge is 0.0998 e. The molecule has 0 radical (unpaired) electrons. The Bertz CT molecular complexity index is 1160. The van der Waals surface area contributed by atoms with Crippen LogP contribution in [0.1, 0.15) is 22.3 Å². The van der Waals surface area contributed by atoms with Crippen molar-refractivity contribution in [2.24, 2.45) is 0 Å². The highest BCUT2D eigenvalue weighted by Gasteiger charge is 2.05. The van der Waals surface area contributed by atoms with E-state index in [4.69, 9.17) is 4.74 Å². The molecule has 0 atom stereocenters. The van der Waals surface area contributed by atoms with E-state index in [0.29, 0.717) is 24.3 Å². The van der Waals surface area contributed by atoms with Gasteiger partial charge < -0.3 is 4.74 Å². The van der Waals surface area contributed by atoms with Crippen molar-refractivity contribution in [1.82, 2.24) is 0 Å². The molecule has 4 aromatic rings. The summed E-state index contributed by atoms with van der Waals surface area (Å²) in [4.78, 5) is 0. The van der Waals surface area contributed by atoms with Crippen molar-refractivity contribution in [2.75, 3.05) is 0 Å². The molecule has 4 rings (SSSR count). The maximum atomic E-state index is 9.28. The number of nitrogens with zero attached hydrogens (tertiary/aromatic N) is 2. The number of nitriles is 2. The number of hydrogen-bond donors (Lipinski definition) is 0. The lowest BCUT2D eigenvalue weighted by molar-refractivity contribution is 0.107. The summed E-state index contributed by atoms with van der Waals surface area (Å²) in [5, 5.41) is 18.6. The Morgan fingerprint density at radius 2 is 0.903 bits per heavy atom. The van der Waals surface area contributed by atoms with Crippen LogP contribution in [-0.4, -0.2) is 0 Å². The van der Waals surface area contributed by atoms with E-state index >= 15 is 0 Å². The van der Waals surface area contributed by atoms with Gasteiger partial charge in [0, 0.05) is 0 Å². The summed E-state index contributed by atoms with van der Waals surface area (Å²) in [5.74, 6) is 0. The average molecular weight is 400 g/mol. The molecule has 0 bridgehead atoms. The lowest BCUT2D eigenvalue weighted by Crippen LogP contribution is -1.95. The molecule has 0 aromatic heterocycles. The van der Waals surface area contributed by atoms with Crippen LogP contribution in [-0.2, 0) is 18.0 Å². The third-order valence-corrected chi connectivity index (χ3v) is 5.16. The van der Waals surface area contributed by atoms with Gasteiger partial charge in [-0.05, 0) is 45.5 Å². The summed E-state index contributed by atoms with van der Waals surface area (Å²) in [6.45, 7) is 1.03. The summed E-state index contributed by atoms with van der Waals surface area (Å²) in [5.41, 5.74) is 7.43. The van der Waals surface area contributed by atoms with Crippen molar-refractivity contribution in [3.8, 4) is 34.4 Å². The molecule has 0 fully saturated rings. The van der Waals surface area contributed by atoms with Gasteiger partial charge in [-0.2, -0.15) is 10.5 Å².